The van der Waals surface area contributed by atoms with Crippen molar-refractivity contribution in [3.63, 3.8) is 0 Å². The van der Waals surface area contributed by atoms with Gasteiger partial charge in [-0.15, -0.1) is 0 Å². The molecule has 1 saturated heterocycles. The van der Waals surface area contributed by atoms with Crippen LogP contribution in [0.3, 0.4) is 0 Å². The number of likely N-dealkylation sites (N-methyl/N-ethyl adjacent to an activating group) is 1. The second-order valence-corrected chi connectivity index (χ2v) is 4.60. The number of ether oxygens (including phenoxy) is 1. The van der Waals surface area contributed by atoms with Crippen LogP contribution in [0.15, 0.2) is 0 Å². The van der Waals surface area contributed by atoms with E-state index in [-0.39, 0.29) is 24.0 Å². The summed E-state index contributed by atoms with van der Waals surface area (Å²) in [5.74, 6) is 0.148. The molecule has 2 N–H and O–H groups in total. The highest BCUT2D eigenvalue weighted by Crippen LogP contribution is 2.20. The summed E-state index contributed by atoms with van der Waals surface area (Å²) < 4.78 is 5.48. The third-order valence-corrected chi connectivity index (χ3v) is 3.45. The summed E-state index contributed by atoms with van der Waals surface area (Å²) in [6, 6.07) is 0.221. The first-order valence-electron chi connectivity index (χ1n) is 6.20. The predicted octanol–water partition coefficient (Wildman–Crippen LogP) is 0.997. The van der Waals surface area contributed by atoms with Gasteiger partial charge in [0.05, 0.1) is 18.1 Å². The topological polar surface area (TPSA) is 55.6 Å². The number of nitrogens with zero attached hydrogens (tertiary/aromatic N) is 1. The van der Waals surface area contributed by atoms with Crippen LogP contribution < -0.4 is 5.73 Å². The van der Waals surface area contributed by atoms with E-state index in [4.69, 9.17) is 10.5 Å². The summed E-state index contributed by atoms with van der Waals surface area (Å²) in [6.07, 6.45) is 2.96. The largest absolute Gasteiger partial charge is 0.376 e. The first-order chi connectivity index (χ1) is 7.61. The highest BCUT2D eigenvalue weighted by Gasteiger charge is 2.32. The van der Waals surface area contributed by atoms with Gasteiger partial charge in [-0.25, -0.2) is 0 Å². The normalized spacial score (nSPS) is 26.8. The molecule has 0 radical (unpaired) electrons. The fraction of sp³-hybridized carbons (Fsp3) is 0.917. The minimum atomic E-state index is -0.0252. The van der Waals surface area contributed by atoms with Crippen molar-refractivity contribution in [2.45, 2.75) is 45.3 Å². The highest BCUT2D eigenvalue weighted by atomic mass is 16.5. The van der Waals surface area contributed by atoms with E-state index >= 15 is 0 Å². The lowest BCUT2D eigenvalue weighted by Gasteiger charge is -2.30. The zero-order valence-electron chi connectivity index (χ0n) is 10.6. The van der Waals surface area contributed by atoms with Crippen molar-refractivity contribution in [3.8, 4) is 0 Å². The molecule has 1 aliphatic rings. The molecule has 0 aliphatic carbocycles. The van der Waals surface area contributed by atoms with Gasteiger partial charge in [0.25, 0.3) is 0 Å². The van der Waals surface area contributed by atoms with E-state index in [2.05, 4.69) is 6.92 Å². The van der Waals surface area contributed by atoms with Crippen molar-refractivity contribution in [2.75, 3.05) is 20.2 Å². The van der Waals surface area contributed by atoms with Crippen LogP contribution in [0, 0.1) is 5.92 Å². The number of amides is 1. The van der Waals surface area contributed by atoms with Crippen LogP contribution in [0.4, 0.5) is 0 Å². The van der Waals surface area contributed by atoms with Gasteiger partial charge in [-0.1, -0.05) is 13.3 Å². The molecular formula is C12H24N2O2. The maximum Gasteiger partial charge on any atom is 0.227 e. The summed E-state index contributed by atoms with van der Waals surface area (Å²) in [5, 5.41) is 0. The Balaban J connectivity index is 2.57. The average Bonchev–Trinajstić information content (AvgIpc) is 2.70. The molecule has 0 saturated carbocycles. The number of rotatable bonds is 5. The van der Waals surface area contributed by atoms with Crippen molar-refractivity contribution in [2.24, 2.45) is 11.7 Å². The van der Waals surface area contributed by atoms with E-state index in [1.807, 2.05) is 18.9 Å². The highest BCUT2D eigenvalue weighted by molar-refractivity contribution is 5.79. The summed E-state index contributed by atoms with van der Waals surface area (Å²) in [5.41, 5.74) is 5.65. The number of carbonyl (C=O) groups is 1. The maximum atomic E-state index is 12.2. The molecule has 1 aliphatic heterocycles. The molecule has 16 heavy (non-hydrogen) atoms. The molecule has 0 aromatic carbocycles. The molecule has 1 amide bonds. The minimum absolute atomic E-state index is 0.0252. The predicted molar refractivity (Wildman–Crippen MR) is 64.0 cm³/mol. The van der Waals surface area contributed by atoms with Gasteiger partial charge in [0.1, 0.15) is 0 Å². The van der Waals surface area contributed by atoms with Crippen LogP contribution in [-0.2, 0) is 9.53 Å². The van der Waals surface area contributed by atoms with Gasteiger partial charge in [-0.3, -0.25) is 4.79 Å². The van der Waals surface area contributed by atoms with Crippen molar-refractivity contribution < 1.29 is 9.53 Å². The first-order valence-corrected chi connectivity index (χ1v) is 6.20. The van der Waals surface area contributed by atoms with Gasteiger partial charge in [-0.05, 0) is 19.8 Å². The Kier molecular flexibility index (Phi) is 5.22. The van der Waals surface area contributed by atoms with Crippen LogP contribution in [0.25, 0.3) is 0 Å². The van der Waals surface area contributed by atoms with Gasteiger partial charge in [0, 0.05) is 20.2 Å². The molecule has 0 bridgehead atoms. The minimum Gasteiger partial charge on any atom is -0.376 e. The fourth-order valence-corrected chi connectivity index (χ4v) is 2.37. The van der Waals surface area contributed by atoms with Gasteiger partial charge in [-0.2, -0.15) is 0 Å². The van der Waals surface area contributed by atoms with Crippen molar-refractivity contribution in [3.05, 3.63) is 0 Å². The lowest BCUT2D eigenvalue weighted by atomic mass is 10.0. The van der Waals surface area contributed by atoms with Crippen LogP contribution in [-0.4, -0.2) is 43.2 Å². The van der Waals surface area contributed by atoms with Crippen LogP contribution in [0.2, 0.25) is 0 Å². The Labute approximate surface area is 98.1 Å². The molecule has 0 spiro atoms. The fourth-order valence-electron chi connectivity index (χ4n) is 2.37. The van der Waals surface area contributed by atoms with Gasteiger partial charge < -0.3 is 15.4 Å². The summed E-state index contributed by atoms with van der Waals surface area (Å²) in [6.45, 7) is 5.31. The summed E-state index contributed by atoms with van der Waals surface area (Å²) in [4.78, 5) is 14.0. The summed E-state index contributed by atoms with van der Waals surface area (Å²) >= 11 is 0. The zero-order valence-corrected chi connectivity index (χ0v) is 10.6. The Morgan fingerprint density at radius 1 is 1.62 bits per heavy atom. The van der Waals surface area contributed by atoms with E-state index in [0.29, 0.717) is 6.54 Å². The molecule has 4 nitrogen and oxygen atoms in total. The monoisotopic (exact) mass is 228 g/mol. The Morgan fingerprint density at radius 3 is 2.75 bits per heavy atom. The quantitative estimate of drug-likeness (QED) is 0.763. The standard InChI is InChI=1S/C12H24N2O2/c1-4-5-10(8-13)12(15)14(3)11-6-7-16-9(11)2/h9-11H,4-8,13H2,1-3H3. The first kappa shape index (κ1) is 13.5. The lowest BCUT2D eigenvalue weighted by molar-refractivity contribution is -0.137. The molecule has 0 aromatic rings. The molecule has 1 rings (SSSR count). The zero-order chi connectivity index (χ0) is 12.1. The number of carbonyl (C=O) groups excluding carboxylic acids is 1. The molecule has 1 fully saturated rings. The number of hydrogen-bond donors (Lipinski definition) is 1. The van der Waals surface area contributed by atoms with Crippen molar-refractivity contribution >= 4 is 5.91 Å². The third kappa shape index (κ3) is 2.95. The van der Waals surface area contributed by atoms with Gasteiger partial charge >= 0.3 is 0 Å². The molecule has 94 valence electrons. The molecule has 4 heteroatoms. The van der Waals surface area contributed by atoms with Gasteiger partial charge in [0.15, 0.2) is 0 Å². The molecule has 3 unspecified atom stereocenters. The second-order valence-electron chi connectivity index (χ2n) is 4.60. The molecule has 1 heterocycles. The Morgan fingerprint density at radius 2 is 2.31 bits per heavy atom. The van der Waals surface area contributed by atoms with E-state index in [0.717, 1.165) is 25.9 Å². The number of hydrogen-bond acceptors (Lipinski definition) is 3. The smallest absolute Gasteiger partial charge is 0.227 e. The maximum absolute atomic E-state index is 12.2. The third-order valence-electron chi connectivity index (χ3n) is 3.45. The van der Waals surface area contributed by atoms with Crippen LogP contribution in [0.1, 0.15) is 33.1 Å². The van der Waals surface area contributed by atoms with Crippen molar-refractivity contribution in [1.29, 1.82) is 0 Å². The molecule has 3 atom stereocenters. The van der Waals surface area contributed by atoms with E-state index < -0.39 is 0 Å². The SMILES string of the molecule is CCCC(CN)C(=O)N(C)C1CCOC1C. The number of nitrogens with two attached hydrogens (primary N) is 1. The molecule has 0 aromatic heterocycles. The van der Waals surface area contributed by atoms with E-state index in [1.54, 1.807) is 0 Å². The van der Waals surface area contributed by atoms with Gasteiger partial charge in [0.2, 0.25) is 5.91 Å². The van der Waals surface area contributed by atoms with E-state index in [9.17, 15) is 4.79 Å². The van der Waals surface area contributed by atoms with Crippen LogP contribution >= 0.6 is 0 Å². The average molecular weight is 228 g/mol. The van der Waals surface area contributed by atoms with Crippen molar-refractivity contribution in [1.82, 2.24) is 4.90 Å². The Bertz CT molecular complexity index is 233. The summed E-state index contributed by atoms with van der Waals surface area (Å²) in [7, 11) is 1.87. The Hall–Kier alpha value is -0.610. The molecular weight excluding hydrogens is 204 g/mol. The second kappa shape index (κ2) is 6.21. The van der Waals surface area contributed by atoms with E-state index in [1.165, 1.54) is 0 Å². The lowest BCUT2D eigenvalue weighted by Crippen LogP contribution is -2.45. The van der Waals surface area contributed by atoms with Crippen LogP contribution in [0.5, 0.6) is 0 Å².